The summed E-state index contributed by atoms with van der Waals surface area (Å²) in [5.74, 6) is -0.693. The normalized spacial score (nSPS) is 50.2. The Hall–Kier alpha value is -1.33. The third-order valence-corrected chi connectivity index (χ3v) is 8.61. The van der Waals surface area contributed by atoms with Crippen molar-refractivity contribution in [3.05, 3.63) is 0 Å². The highest BCUT2D eigenvalue weighted by atomic mass is 16.8. The molecule has 0 bridgehead atoms. The molecule has 4 heterocycles. The molecule has 0 aliphatic carbocycles. The van der Waals surface area contributed by atoms with Crippen LogP contribution in [-0.2, 0) is 38.0 Å². The van der Waals surface area contributed by atoms with Gasteiger partial charge in [0.2, 0.25) is 5.91 Å². The van der Waals surface area contributed by atoms with Gasteiger partial charge in [0.25, 0.3) is 0 Å². The number of hydrogen-bond acceptors (Lipinski definition) is 21. The number of rotatable bonds is 11. The van der Waals surface area contributed by atoms with Crippen LogP contribution in [0.1, 0.15) is 6.92 Å². The van der Waals surface area contributed by atoms with Crippen LogP contribution in [0.5, 0.6) is 0 Å². The van der Waals surface area contributed by atoms with Crippen LogP contribution in [0.4, 0.5) is 0 Å². The summed E-state index contributed by atoms with van der Waals surface area (Å²) in [6.07, 6.45) is -33.5. The van der Waals surface area contributed by atoms with E-state index in [1.807, 2.05) is 0 Å². The predicted molar refractivity (Wildman–Crippen MR) is 145 cm³/mol. The fourth-order valence-corrected chi connectivity index (χ4v) is 5.95. The van der Waals surface area contributed by atoms with Crippen molar-refractivity contribution in [1.29, 1.82) is 0 Å². The quantitative estimate of drug-likeness (QED) is 0.0947. The molecule has 4 aliphatic rings. The molecule has 0 spiro atoms. The van der Waals surface area contributed by atoms with Gasteiger partial charge in [-0.2, -0.15) is 0 Å². The van der Waals surface area contributed by atoms with Crippen molar-refractivity contribution >= 4 is 5.91 Å². The van der Waals surface area contributed by atoms with Crippen molar-refractivity contribution < 1.29 is 104 Å². The van der Waals surface area contributed by atoms with Crippen molar-refractivity contribution in [1.82, 2.24) is 5.32 Å². The molecule has 4 rings (SSSR count). The second-order valence-corrected chi connectivity index (χ2v) is 11.9. The molecular formula is C26H45NO21. The molecule has 48 heavy (non-hydrogen) atoms. The smallest absolute Gasteiger partial charge is 0.217 e. The average molecular weight is 708 g/mol. The monoisotopic (exact) mass is 707 g/mol. The second-order valence-electron chi connectivity index (χ2n) is 11.9. The predicted octanol–water partition coefficient (Wildman–Crippen LogP) is -9.61. The summed E-state index contributed by atoms with van der Waals surface area (Å²) < 4.78 is 38.4. The molecular weight excluding hydrogens is 662 g/mol. The fraction of sp³-hybridized carbons (Fsp3) is 0.962. The Bertz CT molecular complexity index is 1030. The number of aliphatic hydroxyl groups is 13. The molecule has 0 unspecified atom stereocenters. The van der Waals surface area contributed by atoms with Gasteiger partial charge in [-0.3, -0.25) is 4.79 Å². The van der Waals surface area contributed by atoms with Crippen molar-refractivity contribution in [3.63, 3.8) is 0 Å². The molecule has 0 aromatic rings. The Labute approximate surface area is 272 Å². The maximum Gasteiger partial charge on any atom is 0.217 e. The summed E-state index contributed by atoms with van der Waals surface area (Å²) in [6.45, 7) is -2.35. The van der Waals surface area contributed by atoms with E-state index in [2.05, 4.69) is 5.32 Å². The van der Waals surface area contributed by atoms with Gasteiger partial charge in [0.15, 0.2) is 25.2 Å². The van der Waals surface area contributed by atoms with Gasteiger partial charge in [-0.1, -0.05) is 0 Å². The molecule has 22 nitrogen and oxygen atoms in total. The minimum Gasteiger partial charge on any atom is -0.394 e. The lowest BCUT2D eigenvalue weighted by Crippen LogP contribution is -2.69. The van der Waals surface area contributed by atoms with Crippen molar-refractivity contribution in [3.8, 4) is 0 Å². The highest BCUT2D eigenvalue weighted by Crippen LogP contribution is 2.34. The third-order valence-electron chi connectivity index (χ3n) is 8.61. The van der Waals surface area contributed by atoms with E-state index < -0.39 is 155 Å². The third kappa shape index (κ3) is 8.08. The van der Waals surface area contributed by atoms with Crippen LogP contribution in [0.2, 0.25) is 0 Å². The molecule has 0 aromatic heterocycles. The minimum absolute atomic E-state index is 0.693. The van der Waals surface area contributed by atoms with E-state index in [9.17, 15) is 71.2 Å². The number of carbonyl (C=O) groups is 1. The second kappa shape index (κ2) is 16.8. The first-order valence-electron chi connectivity index (χ1n) is 15.1. The average Bonchev–Trinajstić information content (AvgIpc) is 3.06. The molecule has 4 saturated heterocycles. The number of amides is 1. The molecule has 20 atom stereocenters. The molecule has 14 N–H and O–H groups in total. The van der Waals surface area contributed by atoms with Crippen LogP contribution in [0, 0.1) is 0 Å². The number of nitrogens with one attached hydrogen (secondary N) is 1. The van der Waals surface area contributed by atoms with Crippen LogP contribution < -0.4 is 5.32 Å². The zero-order chi connectivity index (χ0) is 35.6. The maximum absolute atomic E-state index is 11.8. The number of ether oxygens (including phenoxy) is 7. The number of aliphatic hydroxyl groups excluding tert-OH is 13. The van der Waals surface area contributed by atoms with Gasteiger partial charge < -0.3 is 105 Å². The SMILES string of the molecule is CC(=O)N[C@H]1[C@H](O[C@H]2[C@@H](O)[C@@H](CO)O[C@H](O[C@@H]3[C@H](O)[C@@H](O)[C@H](O[C@H]4[C@H](O)[C@@H](O)[C@@H](O)O[C@@H]4CO)O[C@@H]3CO)[C@@H]2O)O[C@H](CO)[C@H](O)[C@@H]1O. The van der Waals surface area contributed by atoms with Gasteiger partial charge in [0.1, 0.15) is 97.6 Å². The fourth-order valence-electron chi connectivity index (χ4n) is 5.95. The van der Waals surface area contributed by atoms with Crippen LogP contribution in [0.25, 0.3) is 0 Å². The Kier molecular flexibility index (Phi) is 13.8. The summed E-state index contributed by atoms with van der Waals surface area (Å²) in [7, 11) is 0. The van der Waals surface area contributed by atoms with Crippen LogP contribution in [0.3, 0.4) is 0 Å². The van der Waals surface area contributed by atoms with E-state index in [-0.39, 0.29) is 0 Å². The van der Waals surface area contributed by atoms with E-state index in [1.165, 1.54) is 0 Å². The van der Waals surface area contributed by atoms with E-state index in [0.29, 0.717) is 0 Å². The lowest BCUT2D eigenvalue weighted by molar-refractivity contribution is -0.385. The molecule has 0 aromatic carbocycles. The highest BCUT2D eigenvalue weighted by molar-refractivity contribution is 5.73. The van der Waals surface area contributed by atoms with E-state index >= 15 is 0 Å². The highest BCUT2D eigenvalue weighted by Gasteiger charge is 2.55. The van der Waals surface area contributed by atoms with Crippen LogP contribution >= 0.6 is 0 Å². The lowest BCUT2D eigenvalue weighted by atomic mass is 9.95. The Morgan fingerprint density at radius 1 is 0.500 bits per heavy atom. The molecule has 4 aliphatic heterocycles. The largest absolute Gasteiger partial charge is 0.394 e. The molecule has 1 amide bonds. The molecule has 280 valence electrons. The molecule has 0 saturated carbocycles. The van der Waals surface area contributed by atoms with Crippen molar-refractivity contribution in [2.75, 3.05) is 26.4 Å². The van der Waals surface area contributed by atoms with E-state index in [1.54, 1.807) is 0 Å². The summed E-state index contributed by atoms with van der Waals surface area (Å²) in [6, 6.07) is -1.49. The van der Waals surface area contributed by atoms with E-state index in [0.717, 1.165) is 6.92 Å². The first kappa shape index (κ1) is 39.5. The van der Waals surface area contributed by atoms with Crippen LogP contribution in [0.15, 0.2) is 0 Å². The zero-order valence-corrected chi connectivity index (χ0v) is 25.5. The summed E-state index contributed by atoms with van der Waals surface area (Å²) in [4.78, 5) is 11.8. The topological polar surface area (TPSA) is 357 Å². The minimum atomic E-state index is -2.03. The van der Waals surface area contributed by atoms with Gasteiger partial charge in [0, 0.05) is 6.92 Å². The zero-order valence-electron chi connectivity index (χ0n) is 25.5. The molecule has 22 heteroatoms. The Morgan fingerprint density at radius 3 is 1.48 bits per heavy atom. The van der Waals surface area contributed by atoms with Gasteiger partial charge in [-0.15, -0.1) is 0 Å². The van der Waals surface area contributed by atoms with Gasteiger partial charge >= 0.3 is 0 Å². The van der Waals surface area contributed by atoms with Gasteiger partial charge in [0.05, 0.1) is 26.4 Å². The number of hydrogen-bond donors (Lipinski definition) is 14. The van der Waals surface area contributed by atoms with Crippen molar-refractivity contribution in [2.45, 2.75) is 130 Å². The van der Waals surface area contributed by atoms with Crippen LogP contribution in [-0.4, -0.2) is 221 Å². The van der Waals surface area contributed by atoms with Crippen molar-refractivity contribution in [2.24, 2.45) is 0 Å². The number of carbonyl (C=O) groups excluding carboxylic acids is 1. The summed E-state index contributed by atoms with van der Waals surface area (Å²) in [5.41, 5.74) is 0. The molecule has 4 fully saturated rings. The standard InChI is InChI=1S/C26H45NO21/c1-6(32)27-11-14(35)12(33)7(2-28)43-24(11)48-22-13(34)8(3-29)44-26(19(22)40)47-21-10(5-31)45-25(18(39)16(21)37)46-20-9(4-30)42-23(41)17(38)15(20)36/h7-26,28-31,33-41H,2-5H2,1H3,(H,27,32)/t7-,8-,9-,10-,11-,12+,13+,14-,15-,16-,17-,18-,19-,20-,21+,22+,23+,24+,25+,26-/m1/s1. The van der Waals surface area contributed by atoms with E-state index in [4.69, 9.17) is 33.2 Å². The summed E-state index contributed by atoms with van der Waals surface area (Å²) in [5, 5.41) is 136. The first-order chi connectivity index (χ1) is 22.7. The maximum atomic E-state index is 11.8. The lowest BCUT2D eigenvalue weighted by Gasteiger charge is -2.49. The van der Waals surface area contributed by atoms with Gasteiger partial charge in [-0.25, -0.2) is 0 Å². The summed E-state index contributed by atoms with van der Waals surface area (Å²) >= 11 is 0. The molecule has 0 radical (unpaired) electrons. The first-order valence-corrected chi connectivity index (χ1v) is 15.1. The Morgan fingerprint density at radius 2 is 0.938 bits per heavy atom. The van der Waals surface area contributed by atoms with Gasteiger partial charge in [-0.05, 0) is 0 Å². The Balaban J connectivity index is 1.51.